The van der Waals surface area contributed by atoms with Gasteiger partial charge in [0.25, 0.3) is 0 Å². The second-order valence-corrected chi connectivity index (χ2v) is 9.90. The number of nitrogens with one attached hydrogen (secondary N) is 2. The highest BCUT2D eigenvalue weighted by atomic mass is 32.2. The second-order valence-electron chi connectivity index (χ2n) is 8.13. The van der Waals surface area contributed by atoms with Crippen molar-refractivity contribution in [3.63, 3.8) is 0 Å². The van der Waals surface area contributed by atoms with Gasteiger partial charge >= 0.3 is 0 Å². The molecule has 8 nitrogen and oxygen atoms in total. The largest absolute Gasteiger partial charge is 0.467 e. The lowest BCUT2D eigenvalue weighted by atomic mass is 10.00. The average Bonchev–Trinajstić information content (AvgIpc) is 3.36. The van der Waals surface area contributed by atoms with Crippen LogP contribution in [0.25, 0.3) is 0 Å². The molecule has 180 valence electrons. The van der Waals surface area contributed by atoms with Crippen molar-refractivity contribution in [2.45, 2.75) is 37.9 Å². The fraction of sp³-hybridized carbons (Fsp3) is 0.280. The first-order chi connectivity index (χ1) is 16.3. The number of benzene rings is 2. The maximum Gasteiger partial charge on any atom is 0.243 e. The molecule has 0 aliphatic carbocycles. The molecule has 1 unspecified atom stereocenters. The van der Waals surface area contributed by atoms with Crippen LogP contribution in [-0.2, 0) is 32.7 Å². The van der Waals surface area contributed by atoms with E-state index in [4.69, 9.17) is 4.42 Å². The number of hydrogen-bond donors (Lipinski definition) is 2. The highest BCUT2D eigenvalue weighted by molar-refractivity contribution is 7.89. The zero-order valence-electron chi connectivity index (χ0n) is 19.2. The molecule has 0 fully saturated rings. The molecule has 1 heterocycles. The standard InChI is InChI=1S/C25H29N3O5S/c1-19(2)24(25(30)26-16-21-12-9-15-33-21)28(18-20-10-5-3-6-11-20)23(29)17-27-34(31,32)22-13-7-4-8-14-22/h3-15,19,24,27H,16-18H2,1-2H3,(H,26,30). The van der Waals surface area contributed by atoms with Crippen LogP contribution in [0.4, 0.5) is 0 Å². The van der Waals surface area contributed by atoms with Crippen molar-refractivity contribution in [1.29, 1.82) is 0 Å². The van der Waals surface area contributed by atoms with Gasteiger partial charge in [-0.15, -0.1) is 0 Å². The van der Waals surface area contributed by atoms with Crippen LogP contribution in [0.15, 0.2) is 88.4 Å². The Kier molecular flexibility index (Phi) is 8.61. The lowest BCUT2D eigenvalue weighted by Crippen LogP contribution is -2.54. The minimum Gasteiger partial charge on any atom is -0.467 e. The minimum absolute atomic E-state index is 0.0639. The molecule has 1 aromatic heterocycles. The summed E-state index contributed by atoms with van der Waals surface area (Å²) in [7, 11) is -3.88. The lowest BCUT2D eigenvalue weighted by Gasteiger charge is -2.33. The van der Waals surface area contributed by atoms with Gasteiger partial charge in [0.05, 0.1) is 24.2 Å². The topological polar surface area (TPSA) is 109 Å². The zero-order chi connectivity index (χ0) is 24.6. The average molecular weight is 484 g/mol. The summed E-state index contributed by atoms with van der Waals surface area (Å²) in [5.74, 6) is -0.487. The minimum atomic E-state index is -3.88. The summed E-state index contributed by atoms with van der Waals surface area (Å²) >= 11 is 0. The van der Waals surface area contributed by atoms with Crippen LogP contribution in [-0.4, -0.2) is 37.7 Å². The Balaban J connectivity index is 1.80. The fourth-order valence-electron chi connectivity index (χ4n) is 3.56. The summed E-state index contributed by atoms with van der Waals surface area (Å²) in [6.45, 7) is 3.55. The van der Waals surface area contributed by atoms with Gasteiger partial charge in [-0.3, -0.25) is 9.59 Å². The highest BCUT2D eigenvalue weighted by Gasteiger charge is 2.33. The molecule has 0 aliphatic heterocycles. The van der Waals surface area contributed by atoms with E-state index in [0.29, 0.717) is 5.76 Å². The van der Waals surface area contributed by atoms with Crippen molar-refractivity contribution in [3.8, 4) is 0 Å². The molecule has 3 rings (SSSR count). The molecule has 0 bridgehead atoms. The number of carbonyl (C=O) groups excluding carboxylic acids is 2. The van der Waals surface area contributed by atoms with E-state index < -0.39 is 28.5 Å². The number of rotatable bonds is 11. The van der Waals surface area contributed by atoms with E-state index in [1.807, 2.05) is 44.2 Å². The normalized spacial score (nSPS) is 12.3. The van der Waals surface area contributed by atoms with Crippen molar-refractivity contribution in [1.82, 2.24) is 14.9 Å². The Labute approximate surface area is 200 Å². The summed E-state index contributed by atoms with van der Waals surface area (Å²) in [6.07, 6.45) is 1.52. The van der Waals surface area contributed by atoms with Crippen molar-refractivity contribution in [3.05, 3.63) is 90.4 Å². The molecule has 9 heteroatoms. The summed E-state index contributed by atoms with van der Waals surface area (Å²) in [5.41, 5.74) is 0.825. The predicted octanol–water partition coefficient (Wildman–Crippen LogP) is 2.93. The van der Waals surface area contributed by atoms with E-state index in [0.717, 1.165) is 5.56 Å². The molecule has 0 aliphatic rings. The van der Waals surface area contributed by atoms with Crippen molar-refractivity contribution in [2.75, 3.05) is 6.54 Å². The molecule has 0 spiro atoms. The Bertz CT molecular complexity index is 1160. The van der Waals surface area contributed by atoms with Gasteiger partial charge in [0, 0.05) is 6.54 Å². The highest BCUT2D eigenvalue weighted by Crippen LogP contribution is 2.17. The quantitative estimate of drug-likeness (QED) is 0.436. The number of sulfonamides is 1. The fourth-order valence-corrected chi connectivity index (χ4v) is 4.55. The van der Waals surface area contributed by atoms with Gasteiger partial charge in [-0.25, -0.2) is 13.1 Å². The Morgan fingerprint density at radius 3 is 2.18 bits per heavy atom. The molecular formula is C25H29N3O5S. The lowest BCUT2D eigenvalue weighted by molar-refractivity contribution is -0.142. The van der Waals surface area contributed by atoms with E-state index in [1.54, 1.807) is 30.3 Å². The molecule has 2 N–H and O–H groups in total. The molecule has 3 aromatic rings. The SMILES string of the molecule is CC(C)C(C(=O)NCc1ccco1)N(Cc1ccccc1)C(=O)CNS(=O)(=O)c1ccccc1. The van der Waals surface area contributed by atoms with Gasteiger partial charge in [0.2, 0.25) is 21.8 Å². The molecule has 0 saturated heterocycles. The molecule has 0 radical (unpaired) electrons. The third-order valence-corrected chi connectivity index (χ3v) is 6.65. The van der Waals surface area contributed by atoms with E-state index in [-0.39, 0.29) is 29.8 Å². The van der Waals surface area contributed by atoms with Crippen molar-refractivity contribution < 1.29 is 22.4 Å². The molecule has 0 saturated carbocycles. The zero-order valence-corrected chi connectivity index (χ0v) is 20.0. The third-order valence-electron chi connectivity index (χ3n) is 5.24. The Morgan fingerprint density at radius 1 is 0.941 bits per heavy atom. The van der Waals surface area contributed by atoms with Crippen LogP contribution in [0.2, 0.25) is 0 Å². The number of amides is 2. The van der Waals surface area contributed by atoms with Crippen LogP contribution < -0.4 is 10.0 Å². The van der Waals surface area contributed by atoms with E-state index in [2.05, 4.69) is 10.0 Å². The van der Waals surface area contributed by atoms with Crippen LogP contribution in [0.1, 0.15) is 25.2 Å². The molecule has 2 aromatic carbocycles. The van der Waals surface area contributed by atoms with Crippen molar-refractivity contribution in [2.24, 2.45) is 5.92 Å². The number of carbonyl (C=O) groups is 2. The van der Waals surface area contributed by atoms with Crippen LogP contribution in [0, 0.1) is 5.92 Å². The first kappa shape index (κ1) is 25.2. The summed E-state index contributed by atoms with van der Waals surface area (Å²) < 4.78 is 32.9. The number of nitrogens with zero attached hydrogens (tertiary/aromatic N) is 1. The Morgan fingerprint density at radius 2 is 1.59 bits per heavy atom. The smallest absolute Gasteiger partial charge is 0.243 e. The third kappa shape index (κ3) is 6.79. The van der Waals surface area contributed by atoms with E-state index >= 15 is 0 Å². The maximum absolute atomic E-state index is 13.3. The van der Waals surface area contributed by atoms with Gasteiger partial charge in [-0.05, 0) is 35.7 Å². The first-order valence-corrected chi connectivity index (χ1v) is 12.4. The molecule has 34 heavy (non-hydrogen) atoms. The van der Waals surface area contributed by atoms with Gasteiger partial charge in [-0.2, -0.15) is 0 Å². The Hall–Kier alpha value is -3.43. The van der Waals surface area contributed by atoms with Gasteiger partial charge in [0.15, 0.2) is 0 Å². The molecular weight excluding hydrogens is 454 g/mol. The predicted molar refractivity (Wildman–Crippen MR) is 128 cm³/mol. The molecule has 1 atom stereocenters. The van der Waals surface area contributed by atoms with Gasteiger partial charge in [0.1, 0.15) is 11.8 Å². The summed E-state index contributed by atoms with van der Waals surface area (Å²) in [6, 6.07) is 19.7. The van der Waals surface area contributed by atoms with E-state index in [9.17, 15) is 18.0 Å². The summed E-state index contributed by atoms with van der Waals surface area (Å²) in [5, 5.41) is 2.82. The van der Waals surface area contributed by atoms with Crippen LogP contribution >= 0.6 is 0 Å². The second kappa shape index (κ2) is 11.6. The van der Waals surface area contributed by atoms with E-state index in [1.165, 1.54) is 23.3 Å². The van der Waals surface area contributed by atoms with Crippen LogP contribution in [0.5, 0.6) is 0 Å². The van der Waals surface area contributed by atoms with Gasteiger partial charge < -0.3 is 14.6 Å². The molecule has 2 amide bonds. The first-order valence-electron chi connectivity index (χ1n) is 11.0. The summed E-state index contributed by atoms with van der Waals surface area (Å²) in [4.78, 5) is 27.9. The monoisotopic (exact) mass is 483 g/mol. The van der Waals surface area contributed by atoms with Crippen molar-refractivity contribution >= 4 is 21.8 Å². The number of furan rings is 1. The number of hydrogen-bond acceptors (Lipinski definition) is 5. The maximum atomic E-state index is 13.3. The van der Waals surface area contributed by atoms with Gasteiger partial charge in [-0.1, -0.05) is 62.4 Å². The van der Waals surface area contributed by atoms with Crippen LogP contribution in [0.3, 0.4) is 0 Å².